The molecule has 1 amide bonds. The molecule has 0 aliphatic heterocycles. The van der Waals surface area contributed by atoms with Crippen molar-refractivity contribution in [1.82, 2.24) is 15.1 Å². The fourth-order valence-electron chi connectivity index (χ4n) is 2.99. The van der Waals surface area contributed by atoms with Crippen molar-refractivity contribution in [3.8, 4) is 11.4 Å². The van der Waals surface area contributed by atoms with Crippen LogP contribution in [0.3, 0.4) is 0 Å². The van der Waals surface area contributed by atoms with Crippen LogP contribution in [0.15, 0.2) is 28.8 Å². The number of aryl methyl sites for hydroxylation is 5. The lowest BCUT2D eigenvalue weighted by atomic mass is 10.1. The molecule has 0 aliphatic carbocycles. The van der Waals surface area contributed by atoms with Gasteiger partial charge in [-0.1, -0.05) is 29.3 Å². The number of rotatable bonds is 4. The zero-order valence-corrected chi connectivity index (χ0v) is 15.7. The van der Waals surface area contributed by atoms with Crippen molar-refractivity contribution in [2.45, 2.75) is 41.0 Å². The van der Waals surface area contributed by atoms with Gasteiger partial charge in [-0.25, -0.2) is 4.98 Å². The SMILES string of the molecule is CCc1nc(-c2c(C)cc(C)nc2NC(=O)c2cc(C)cc(C)c2)no1. The molecule has 0 radical (unpaired) electrons. The molecule has 1 aromatic carbocycles. The molecule has 0 fully saturated rings. The first-order chi connectivity index (χ1) is 12.4. The minimum Gasteiger partial charge on any atom is -0.339 e. The molecule has 0 saturated carbocycles. The Morgan fingerprint density at radius 3 is 2.35 bits per heavy atom. The lowest BCUT2D eigenvalue weighted by Gasteiger charge is -2.12. The van der Waals surface area contributed by atoms with Crippen LogP contribution in [0.5, 0.6) is 0 Å². The van der Waals surface area contributed by atoms with Crippen LogP contribution in [0.1, 0.15) is 45.6 Å². The van der Waals surface area contributed by atoms with Gasteiger partial charge in [-0.3, -0.25) is 4.79 Å². The minimum atomic E-state index is -0.213. The monoisotopic (exact) mass is 350 g/mol. The van der Waals surface area contributed by atoms with Crippen LogP contribution in [0.2, 0.25) is 0 Å². The van der Waals surface area contributed by atoms with Crippen molar-refractivity contribution >= 4 is 11.7 Å². The minimum absolute atomic E-state index is 0.213. The third kappa shape index (κ3) is 3.64. The van der Waals surface area contributed by atoms with Gasteiger partial charge in [-0.05, 0) is 51.5 Å². The van der Waals surface area contributed by atoms with E-state index >= 15 is 0 Å². The van der Waals surface area contributed by atoms with Crippen molar-refractivity contribution in [2.24, 2.45) is 0 Å². The zero-order valence-electron chi connectivity index (χ0n) is 15.7. The highest BCUT2D eigenvalue weighted by atomic mass is 16.5. The molecule has 0 unspecified atom stereocenters. The first-order valence-electron chi connectivity index (χ1n) is 8.58. The molecule has 0 spiro atoms. The molecule has 1 N–H and O–H groups in total. The second kappa shape index (κ2) is 7.07. The maximum absolute atomic E-state index is 12.8. The van der Waals surface area contributed by atoms with Crippen molar-refractivity contribution < 1.29 is 9.32 Å². The van der Waals surface area contributed by atoms with Crippen LogP contribution >= 0.6 is 0 Å². The van der Waals surface area contributed by atoms with E-state index in [0.717, 1.165) is 22.4 Å². The molecular weight excluding hydrogens is 328 g/mol. The smallest absolute Gasteiger partial charge is 0.256 e. The molecule has 0 saturated heterocycles. The number of amides is 1. The van der Waals surface area contributed by atoms with Gasteiger partial charge in [0.25, 0.3) is 5.91 Å². The van der Waals surface area contributed by atoms with Crippen molar-refractivity contribution in [2.75, 3.05) is 5.32 Å². The number of anilines is 1. The molecule has 0 bridgehead atoms. The Hall–Kier alpha value is -3.02. The molecule has 0 aliphatic rings. The Morgan fingerprint density at radius 2 is 1.73 bits per heavy atom. The number of hydrogen-bond donors (Lipinski definition) is 1. The van der Waals surface area contributed by atoms with E-state index in [1.807, 2.05) is 58.9 Å². The Bertz CT molecular complexity index is 956. The molecular formula is C20H22N4O2. The van der Waals surface area contributed by atoms with Crippen LogP contribution in [-0.2, 0) is 6.42 Å². The Balaban J connectivity index is 2.02. The van der Waals surface area contributed by atoms with Gasteiger partial charge in [0.1, 0.15) is 5.82 Å². The first kappa shape index (κ1) is 17.8. The molecule has 2 aromatic heterocycles. The number of nitrogens with one attached hydrogen (secondary N) is 1. The summed E-state index contributed by atoms with van der Waals surface area (Å²) >= 11 is 0. The van der Waals surface area contributed by atoms with Crippen molar-refractivity contribution in [3.05, 3.63) is 58.1 Å². The summed E-state index contributed by atoms with van der Waals surface area (Å²) < 4.78 is 5.23. The van der Waals surface area contributed by atoms with Gasteiger partial charge < -0.3 is 9.84 Å². The van der Waals surface area contributed by atoms with E-state index in [1.54, 1.807) is 0 Å². The highest BCUT2D eigenvalue weighted by Gasteiger charge is 2.19. The second-order valence-electron chi connectivity index (χ2n) is 6.50. The Morgan fingerprint density at radius 1 is 1.04 bits per heavy atom. The summed E-state index contributed by atoms with van der Waals surface area (Å²) in [6.07, 6.45) is 0.648. The first-order valence-corrected chi connectivity index (χ1v) is 8.58. The number of aromatic nitrogens is 3. The largest absolute Gasteiger partial charge is 0.339 e. The maximum atomic E-state index is 12.8. The molecule has 26 heavy (non-hydrogen) atoms. The topological polar surface area (TPSA) is 80.9 Å². The van der Waals surface area contributed by atoms with Gasteiger partial charge >= 0.3 is 0 Å². The molecule has 134 valence electrons. The van der Waals surface area contributed by atoms with E-state index in [2.05, 4.69) is 20.4 Å². The predicted octanol–water partition coefficient (Wildman–Crippen LogP) is 4.18. The highest BCUT2D eigenvalue weighted by Crippen LogP contribution is 2.29. The van der Waals surface area contributed by atoms with Crippen molar-refractivity contribution in [3.63, 3.8) is 0 Å². The highest BCUT2D eigenvalue weighted by molar-refractivity contribution is 6.05. The summed E-state index contributed by atoms with van der Waals surface area (Å²) in [4.78, 5) is 21.7. The lowest BCUT2D eigenvalue weighted by molar-refractivity contribution is 0.102. The molecule has 0 atom stereocenters. The molecule has 3 aromatic rings. The molecule has 2 heterocycles. The predicted molar refractivity (Wildman–Crippen MR) is 100 cm³/mol. The Kier molecular flexibility index (Phi) is 4.84. The number of nitrogens with zero attached hydrogens (tertiary/aromatic N) is 3. The van der Waals surface area contributed by atoms with Gasteiger partial charge in [-0.15, -0.1) is 0 Å². The van der Waals surface area contributed by atoms with E-state index in [0.29, 0.717) is 35.1 Å². The number of carbonyl (C=O) groups excluding carboxylic acids is 1. The van der Waals surface area contributed by atoms with Crippen LogP contribution in [0, 0.1) is 27.7 Å². The van der Waals surface area contributed by atoms with Crippen molar-refractivity contribution in [1.29, 1.82) is 0 Å². The quantitative estimate of drug-likeness (QED) is 0.763. The normalized spacial score (nSPS) is 10.8. The summed E-state index contributed by atoms with van der Waals surface area (Å²) in [5, 5.41) is 6.96. The third-order valence-electron chi connectivity index (χ3n) is 4.05. The fourth-order valence-corrected chi connectivity index (χ4v) is 2.99. The van der Waals surface area contributed by atoms with Crippen LogP contribution in [0.4, 0.5) is 5.82 Å². The van der Waals surface area contributed by atoms with E-state index in [9.17, 15) is 4.79 Å². The zero-order chi connectivity index (χ0) is 18.8. The summed E-state index contributed by atoms with van der Waals surface area (Å²) in [6.45, 7) is 9.71. The number of pyridine rings is 1. The third-order valence-corrected chi connectivity index (χ3v) is 4.05. The summed E-state index contributed by atoms with van der Waals surface area (Å²) in [6, 6.07) is 7.68. The summed E-state index contributed by atoms with van der Waals surface area (Å²) in [5.41, 5.74) is 5.08. The Labute approximate surface area is 152 Å². The molecule has 6 nitrogen and oxygen atoms in total. The average molecular weight is 350 g/mol. The van der Waals surface area contributed by atoms with Crippen LogP contribution < -0.4 is 5.32 Å². The number of benzene rings is 1. The standard InChI is InChI=1S/C20H22N4O2/c1-6-16-22-19(24-26-16)17-13(4)10-14(5)21-18(17)23-20(25)15-8-11(2)7-12(3)9-15/h7-10H,6H2,1-5H3,(H,21,23,25). The van der Waals surface area contributed by atoms with E-state index in [1.165, 1.54) is 0 Å². The summed E-state index contributed by atoms with van der Waals surface area (Å²) in [5.74, 6) is 1.21. The van der Waals surface area contributed by atoms with Gasteiger partial charge in [0.15, 0.2) is 0 Å². The van der Waals surface area contributed by atoms with E-state index in [4.69, 9.17) is 4.52 Å². The van der Waals surface area contributed by atoms with Crippen LogP contribution in [0.25, 0.3) is 11.4 Å². The van der Waals surface area contributed by atoms with Crippen LogP contribution in [-0.4, -0.2) is 21.0 Å². The maximum Gasteiger partial charge on any atom is 0.256 e. The fraction of sp³-hybridized carbons (Fsp3) is 0.300. The average Bonchev–Trinajstić information content (AvgIpc) is 3.02. The van der Waals surface area contributed by atoms with Gasteiger partial charge in [-0.2, -0.15) is 4.98 Å². The van der Waals surface area contributed by atoms with E-state index < -0.39 is 0 Å². The number of hydrogen-bond acceptors (Lipinski definition) is 5. The lowest BCUT2D eigenvalue weighted by Crippen LogP contribution is -2.15. The van der Waals surface area contributed by atoms with Gasteiger partial charge in [0, 0.05) is 17.7 Å². The molecule has 3 rings (SSSR count). The van der Waals surface area contributed by atoms with E-state index in [-0.39, 0.29) is 5.91 Å². The van der Waals surface area contributed by atoms with Gasteiger partial charge in [0.05, 0.1) is 5.56 Å². The van der Waals surface area contributed by atoms with Gasteiger partial charge in [0.2, 0.25) is 11.7 Å². The second-order valence-corrected chi connectivity index (χ2v) is 6.50. The summed E-state index contributed by atoms with van der Waals surface area (Å²) in [7, 11) is 0. The number of carbonyl (C=O) groups is 1. The molecule has 6 heteroatoms.